The van der Waals surface area contributed by atoms with Crippen LogP contribution in [0.1, 0.15) is 296 Å². The first-order chi connectivity index (χ1) is 39.0. The third kappa shape index (κ3) is 64.4. The smallest absolute Gasteiger partial charge is 0.462 e. The molecule has 1 N–H and O–H groups in total. The third-order valence-electron chi connectivity index (χ3n) is 14.4. The summed E-state index contributed by atoms with van der Waals surface area (Å²) in [7, 11) is 1.45. The Labute approximate surface area is 494 Å². The van der Waals surface area contributed by atoms with Crippen molar-refractivity contribution in [3.63, 3.8) is 0 Å². The zero-order valence-corrected chi connectivity index (χ0v) is 53.7. The van der Waals surface area contributed by atoms with Gasteiger partial charge in [-0.15, -0.1) is 0 Å². The second-order valence-electron chi connectivity index (χ2n) is 23.5. The number of allylic oxidation sites excluding steroid dienone is 14. The fraction of sp³-hybridized carbons (Fsp3) is 0.771. The van der Waals surface area contributed by atoms with Crippen LogP contribution in [-0.2, 0) is 32.7 Å². The second kappa shape index (κ2) is 60.8. The average Bonchev–Trinajstić information content (AvgIpc) is 3.42. The van der Waals surface area contributed by atoms with Crippen LogP contribution in [0.5, 0.6) is 0 Å². The molecule has 0 heterocycles. The predicted molar refractivity (Wildman–Crippen MR) is 344 cm³/mol. The normalized spacial score (nSPS) is 13.7. The summed E-state index contributed by atoms with van der Waals surface area (Å²) in [5.74, 6) is -0.840. The van der Waals surface area contributed by atoms with Gasteiger partial charge in [0.25, 0.3) is 0 Å². The summed E-state index contributed by atoms with van der Waals surface area (Å²) in [5, 5.41) is 0. The Kier molecular flexibility index (Phi) is 58.6. The molecule has 0 bridgehead atoms. The van der Waals surface area contributed by atoms with Crippen LogP contribution in [0.3, 0.4) is 0 Å². The van der Waals surface area contributed by atoms with Gasteiger partial charge in [-0.05, 0) is 89.9 Å². The van der Waals surface area contributed by atoms with Crippen molar-refractivity contribution in [2.75, 3.05) is 47.5 Å². The summed E-state index contributed by atoms with van der Waals surface area (Å²) in [6.45, 7) is 4.27. The van der Waals surface area contributed by atoms with Crippen molar-refractivity contribution in [1.82, 2.24) is 0 Å². The van der Waals surface area contributed by atoms with Gasteiger partial charge in [-0.2, -0.15) is 0 Å². The fourth-order valence-corrected chi connectivity index (χ4v) is 10.1. The largest absolute Gasteiger partial charge is 0.472 e. The highest BCUT2D eigenvalue weighted by Gasteiger charge is 2.27. The minimum absolute atomic E-state index is 0.0219. The van der Waals surface area contributed by atoms with E-state index in [2.05, 4.69) is 98.9 Å². The van der Waals surface area contributed by atoms with Gasteiger partial charge in [-0.3, -0.25) is 18.6 Å². The summed E-state index contributed by atoms with van der Waals surface area (Å²) < 4.78 is 34.5. The van der Waals surface area contributed by atoms with Crippen LogP contribution in [-0.4, -0.2) is 74.9 Å². The lowest BCUT2D eigenvalue weighted by Gasteiger charge is -2.24. The SMILES string of the molecule is CC/C=C\C/C=C\C/C=C\C/C=C\CCCCC(=O)OC(COC(=O)CCCCCCCCCCCCCCCCCCCCCCCCCCCC/C=C\C/C=C\C/C=C\CCCCCCC)COP(=O)(O)OCC[N+](C)(C)C. The molecule has 0 aromatic carbocycles. The molecule has 0 fully saturated rings. The third-order valence-corrected chi connectivity index (χ3v) is 15.4. The number of quaternary nitrogens is 1. The molecule has 2 unspecified atom stereocenters. The van der Waals surface area contributed by atoms with Crippen LogP contribution in [0.2, 0.25) is 0 Å². The van der Waals surface area contributed by atoms with Crippen molar-refractivity contribution in [2.24, 2.45) is 0 Å². The summed E-state index contributed by atoms with van der Waals surface area (Å²) in [6.07, 6.45) is 82.9. The molecule has 0 rings (SSSR count). The maximum absolute atomic E-state index is 12.8. The highest BCUT2D eigenvalue weighted by Crippen LogP contribution is 2.43. The number of hydrogen-bond donors (Lipinski definition) is 1. The Morgan fingerprint density at radius 1 is 0.400 bits per heavy atom. The zero-order valence-electron chi connectivity index (χ0n) is 52.8. The summed E-state index contributed by atoms with van der Waals surface area (Å²) in [6, 6.07) is 0. The van der Waals surface area contributed by atoms with Crippen LogP contribution in [0.25, 0.3) is 0 Å². The minimum atomic E-state index is -4.40. The first kappa shape index (κ1) is 77.2. The van der Waals surface area contributed by atoms with Gasteiger partial charge in [0.2, 0.25) is 0 Å². The highest BCUT2D eigenvalue weighted by molar-refractivity contribution is 7.47. The van der Waals surface area contributed by atoms with Crippen LogP contribution in [0.15, 0.2) is 85.1 Å². The van der Waals surface area contributed by atoms with Crippen molar-refractivity contribution in [3.8, 4) is 0 Å². The molecule has 80 heavy (non-hydrogen) atoms. The Balaban J connectivity index is 3.88. The molecule has 9 nitrogen and oxygen atoms in total. The van der Waals surface area contributed by atoms with Gasteiger partial charge in [0.1, 0.15) is 19.8 Å². The number of ether oxygens (including phenoxy) is 2. The number of phosphoric acid groups is 1. The summed E-state index contributed by atoms with van der Waals surface area (Å²) >= 11 is 0. The number of rotatable bonds is 61. The number of unbranched alkanes of at least 4 members (excludes halogenated alkanes) is 33. The molecule has 10 heteroatoms. The van der Waals surface area contributed by atoms with E-state index in [4.69, 9.17) is 18.5 Å². The van der Waals surface area contributed by atoms with E-state index in [0.29, 0.717) is 17.4 Å². The molecule has 2 atom stereocenters. The topological polar surface area (TPSA) is 108 Å². The molecule has 0 saturated carbocycles. The van der Waals surface area contributed by atoms with Crippen molar-refractivity contribution in [1.29, 1.82) is 0 Å². The maximum Gasteiger partial charge on any atom is 0.472 e. The van der Waals surface area contributed by atoms with Gasteiger partial charge >= 0.3 is 19.8 Å². The summed E-state index contributed by atoms with van der Waals surface area (Å²) in [5.41, 5.74) is 0. The van der Waals surface area contributed by atoms with Gasteiger partial charge in [-0.25, -0.2) is 4.57 Å². The van der Waals surface area contributed by atoms with Crippen LogP contribution in [0.4, 0.5) is 0 Å². The lowest BCUT2D eigenvalue weighted by atomic mass is 10.0. The molecular formula is C70H127NO8P+. The quantitative estimate of drug-likeness (QED) is 0.0211. The first-order valence-corrected chi connectivity index (χ1v) is 34.8. The molecule has 0 spiro atoms. The molecule has 0 radical (unpaired) electrons. The summed E-state index contributed by atoms with van der Waals surface area (Å²) in [4.78, 5) is 35.7. The van der Waals surface area contributed by atoms with E-state index in [-0.39, 0.29) is 32.0 Å². The number of likely N-dealkylation sites (N-methyl/N-ethyl adjacent to an activating group) is 1. The minimum Gasteiger partial charge on any atom is -0.462 e. The fourth-order valence-electron chi connectivity index (χ4n) is 9.31. The van der Waals surface area contributed by atoms with Gasteiger partial charge in [-0.1, -0.05) is 279 Å². The van der Waals surface area contributed by atoms with Gasteiger partial charge in [0.15, 0.2) is 6.10 Å². The number of nitrogens with zero attached hydrogens (tertiary/aromatic N) is 1. The lowest BCUT2D eigenvalue weighted by molar-refractivity contribution is -0.870. The monoisotopic (exact) mass is 1140 g/mol. The van der Waals surface area contributed by atoms with Crippen molar-refractivity contribution >= 4 is 19.8 Å². The molecule has 0 aliphatic heterocycles. The second-order valence-corrected chi connectivity index (χ2v) is 24.9. The molecule has 0 saturated heterocycles. The van der Waals surface area contributed by atoms with E-state index in [1.54, 1.807) is 0 Å². The number of esters is 2. The molecule has 0 aromatic rings. The van der Waals surface area contributed by atoms with Crippen molar-refractivity contribution in [3.05, 3.63) is 85.1 Å². The first-order valence-electron chi connectivity index (χ1n) is 33.3. The van der Waals surface area contributed by atoms with E-state index in [1.807, 2.05) is 21.1 Å². The Morgan fingerprint density at radius 3 is 1.09 bits per heavy atom. The number of phosphoric ester groups is 1. The van der Waals surface area contributed by atoms with E-state index < -0.39 is 26.5 Å². The van der Waals surface area contributed by atoms with Crippen LogP contribution >= 0.6 is 7.82 Å². The predicted octanol–water partition coefficient (Wildman–Crippen LogP) is 21.4. The molecule has 0 aromatic heterocycles. The number of carbonyl (C=O) groups is 2. The zero-order chi connectivity index (χ0) is 58.4. The van der Waals surface area contributed by atoms with Crippen LogP contribution in [0, 0.1) is 0 Å². The average molecular weight is 1140 g/mol. The highest BCUT2D eigenvalue weighted by atomic mass is 31.2. The Morgan fingerprint density at radius 2 is 0.713 bits per heavy atom. The van der Waals surface area contributed by atoms with Crippen molar-refractivity contribution < 1.29 is 42.1 Å². The standard InChI is InChI=1S/C70H126NO8P/c1-6-8-10-12-14-16-18-20-22-23-24-25-26-27-28-29-30-31-32-33-34-35-36-37-38-39-40-41-42-43-44-45-46-47-49-50-52-54-56-58-60-62-69(72)76-66-68(67-78-80(74,75)77-65-64-71(3,4)5)79-70(73)63-61-59-57-55-53-51-48-21-19-17-15-13-11-9-7-2/h9,11,15,17-18,20-21,23-24,26-27,48,53,55,68H,6-8,10,12-14,16,19,22,25,28-47,49-52,54,56-67H2,1-5H3/p+1/b11-9-,17-15-,20-18-,24-23-,27-26-,48-21-,55-53-. The van der Waals surface area contributed by atoms with E-state index in [1.165, 1.54) is 193 Å². The van der Waals surface area contributed by atoms with E-state index in [9.17, 15) is 19.0 Å². The van der Waals surface area contributed by atoms with Gasteiger partial charge in [0.05, 0.1) is 27.7 Å². The van der Waals surface area contributed by atoms with E-state index >= 15 is 0 Å². The molecule has 0 aliphatic rings. The lowest BCUT2D eigenvalue weighted by Crippen LogP contribution is -2.37. The maximum atomic E-state index is 12.8. The molecule has 0 amide bonds. The van der Waals surface area contributed by atoms with Crippen LogP contribution < -0.4 is 0 Å². The number of hydrogen-bond acceptors (Lipinski definition) is 7. The van der Waals surface area contributed by atoms with Gasteiger partial charge < -0.3 is 18.9 Å². The number of carbonyl (C=O) groups excluding carboxylic acids is 2. The Bertz CT molecular complexity index is 1630. The van der Waals surface area contributed by atoms with Crippen molar-refractivity contribution in [2.45, 2.75) is 302 Å². The van der Waals surface area contributed by atoms with Gasteiger partial charge in [0, 0.05) is 12.8 Å². The van der Waals surface area contributed by atoms with E-state index in [0.717, 1.165) is 70.6 Å². The molecule has 464 valence electrons. The Hall–Kier alpha value is -2.81. The molecular weight excluding hydrogens is 1010 g/mol. The molecule has 0 aliphatic carbocycles.